The second kappa shape index (κ2) is 3.83. The van der Waals surface area contributed by atoms with E-state index in [0.717, 1.165) is 6.42 Å². The molecule has 3 rings (SSSR count). The van der Waals surface area contributed by atoms with Gasteiger partial charge in [0, 0.05) is 12.4 Å². The van der Waals surface area contributed by atoms with Gasteiger partial charge < -0.3 is 5.11 Å². The molecule has 0 aliphatic heterocycles. The highest BCUT2D eigenvalue weighted by molar-refractivity contribution is 5.78. The third kappa shape index (κ3) is 1.38. The Balaban J connectivity index is 2.10. The van der Waals surface area contributed by atoms with E-state index in [-0.39, 0.29) is 0 Å². The summed E-state index contributed by atoms with van der Waals surface area (Å²) in [6.45, 7) is 0. The van der Waals surface area contributed by atoms with Gasteiger partial charge in [0.25, 0.3) is 0 Å². The smallest absolute Gasteiger partial charge is 0.331 e. The van der Waals surface area contributed by atoms with E-state index in [0.29, 0.717) is 24.4 Å². The molecule has 2 heterocycles. The number of rotatable bonds is 3. The van der Waals surface area contributed by atoms with Gasteiger partial charge in [0.1, 0.15) is 5.69 Å². The molecule has 92 valence electrons. The molecule has 2 aromatic heterocycles. The van der Waals surface area contributed by atoms with Crippen LogP contribution in [0.5, 0.6) is 0 Å². The van der Waals surface area contributed by atoms with Gasteiger partial charge in [-0.1, -0.05) is 0 Å². The van der Waals surface area contributed by atoms with Crippen LogP contribution in [0.3, 0.4) is 0 Å². The van der Waals surface area contributed by atoms with Gasteiger partial charge in [0.2, 0.25) is 5.82 Å². The Bertz CT molecular complexity index is 577. The Morgan fingerprint density at radius 1 is 1.39 bits per heavy atom. The molecule has 0 amide bonds. The van der Waals surface area contributed by atoms with Gasteiger partial charge in [0.15, 0.2) is 5.54 Å². The normalized spacial score (nSPS) is 17.1. The van der Waals surface area contributed by atoms with E-state index in [1.807, 2.05) is 0 Å². The molecule has 1 aliphatic rings. The number of aromatic nitrogens is 6. The molecular formula is C10H10N6O2. The number of aliphatic carboxylic acids is 1. The highest BCUT2D eigenvalue weighted by atomic mass is 16.4. The summed E-state index contributed by atoms with van der Waals surface area (Å²) in [7, 11) is 0. The van der Waals surface area contributed by atoms with E-state index in [1.54, 1.807) is 0 Å². The molecular weight excluding hydrogens is 236 g/mol. The maximum Gasteiger partial charge on any atom is 0.331 e. The number of hydrogen-bond donors (Lipinski definition) is 1. The molecule has 0 spiro atoms. The number of hydrogen-bond acceptors (Lipinski definition) is 6. The molecule has 0 saturated heterocycles. The molecule has 1 saturated carbocycles. The number of nitrogens with zero attached hydrogens (tertiary/aromatic N) is 6. The quantitative estimate of drug-likeness (QED) is 0.817. The first-order chi connectivity index (χ1) is 8.74. The molecule has 1 aliphatic carbocycles. The Morgan fingerprint density at radius 3 is 2.78 bits per heavy atom. The minimum atomic E-state index is -1.03. The summed E-state index contributed by atoms with van der Waals surface area (Å²) >= 11 is 0. The SMILES string of the molecule is O=C(O)C1(n2nnnc2-c2cnccn2)CCC1. The van der Waals surface area contributed by atoms with Crippen molar-refractivity contribution in [3.63, 3.8) is 0 Å². The Morgan fingerprint density at radius 2 is 2.22 bits per heavy atom. The van der Waals surface area contributed by atoms with Gasteiger partial charge >= 0.3 is 5.97 Å². The zero-order valence-corrected chi connectivity index (χ0v) is 9.39. The van der Waals surface area contributed by atoms with Crippen molar-refractivity contribution in [2.24, 2.45) is 0 Å². The fourth-order valence-electron chi connectivity index (χ4n) is 2.08. The van der Waals surface area contributed by atoms with E-state index in [1.165, 1.54) is 23.3 Å². The van der Waals surface area contributed by atoms with E-state index in [2.05, 4.69) is 25.5 Å². The minimum absolute atomic E-state index is 0.338. The van der Waals surface area contributed by atoms with Crippen LogP contribution in [0.25, 0.3) is 11.5 Å². The zero-order valence-electron chi connectivity index (χ0n) is 9.39. The first-order valence-electron chi connectivity index (χ1n) is 5.53. The third-order valence-corrected chi connectivity index (χ3v) is 3.25. The minimum Gasteiger partial charge on any atom is -0.479 e. The fourth-order valence-corrected chi connectivity index (χ4v) is 2.08. The van der Waals surface area contributed by atoms with Crippen LogP contribution in [0.15, 0.2) is 18.6 Å². The van der Waals surface area contributed by atoms with Crippen LogP contribution in [-0.4, -0.2) is 41.3 Å². The van der Waals surface area contributed by atoms with E-state index >= 15 is 0 Å². The maximum absolute atomic E-state index is 11.4. The summed E-state index contributed by atoms with van der Waals surface area (Å²) < 4.78 is 1.35. The molecule has 0 unspecified atom stereocenters. The summed E-state index contributed by atoms with van der Waals surface area (Å²) in [4.78, 5) is 19.5. The van der Waals surface area contributed by atoms with Crippen molar-refractivity contribution < 1.29 is 9.90 Å². The van der Waals surface area contributed by atoms with E-state index in [4.69, 9.17) is 0 Å². The Kier molecular flexibility index (Phi) is 2.29. The van der Waals surface area contributed by atoms with Crippen LogP contribution in [0, 0.1) is 0 Å². The lowest BCUT2D eigenvalue weighted by molar-refractivity contribution is -0.153. The number of carbonyl (C=O) groups is 1. The van der Waals surface area contributed by atoms with Crippen molar-refractivity contribution in [1.82, 2.24) is 30.2 Å². The second-order valence-corrected chi connectivity index (χ2v) is 4.20. The molecule has 8 heteroatoms. The molecule has 2 aromatic rings. The standard InChI is InChI=1S/C10H10N6O2/c17-9(18)10(2-1-3-10)16-8(13-14-15-16)7-6-11-4-5-12-7/h4-6H,1-3H2,(H,17,18). The topological polar surface area (TPSA) is 107 Å². The number of carboxylic acids is 1. The van der Waals surface area contributed by atoms with E-state index in [9.17, 15) is 9.90 Å². The van der Waals surface area contributed by atoms with Crippen molar-refractivity contribution in [1.29, 1.82) is 0 Å². The Hall–Kier alpha value is -2.38. The van der Waals surface area contributed by atoms with Crippen molar-refractivity contribution in [2.45, 2.75) is 24.8 Å². The lowest BCUT2D eigenvalue weighted by atomic mass is 9.77. The third-order valence-electron chi connectivity index (χ3n) is 3.25. The van der Waals surface area contributed by atoms with Crippen molar-refractivity contribution in [3.05, 3.63) is 18.6 Å². The van der Waals surface area contributed by atoms with Crippen molar-refractivity contribution in [2.75, 3.05) is 0 Å². The summed E-state index contributed by atoms with van der Waals surface area (Å²) in [6, 6.07) is 0. The van der Waals surface area contributed by atoms with Crippen LogP contribution < -0.4 is 0 Å². The molecule has 0 bridgehead atoms. The summed E-state index contributed by atoms with van der Waals surface area (Å²) in [5, 5.41) is 20.6. The van der Waals surface area contributed by atoms with Gasteiger partial charge in [-0.2, -0.15) is 0 Å². The lowest BCUT2D eigenvalue weighted by Gasteiger charge is -2.37. The van der Waals surface area contributed by atoms with Gasteiger partial charge in [-0.15, -0.1) is 5.10 Å². The fraction of sp³-hybridized carbons (Fsp3) is 0.400. The molecule has 1 N–H and O–H groups in total. The van der Waals surface area contributed by atoms with Crippen LogP contribution in [-0.2, 0) is 10.3 Å². The van der Waals surface area contributed by atoms with Gasteiger partial charge in [-0.3, -0.25) is 4.98 Å². The molecule has 8 nitrogen and oxygen atoms in total. The van der Waals surface area contributed by atoms with Crippen LogP contribution in [0.2, 0.25) is 0 Å². The zero-order chi connectivity index (χ0) is 12.6. The monoisotopic (exact) mass is 246 g/mol. The van der Waals surface area contributed by atoms with Gasteiger partial charge in [-0.25, -0.2) is 14.5 Å². The lowest BCUT2D eigenvalue weighted by Crippen LogP contribution is -2.48. The van der Waals surface area contributed by atoms with Crippen molar-refractivity contribution in [3.8, 4) is 11.5 Å². The highest BCUT2D eigenvalue weighted by Crippen LogP contribution is 2.40. The molecule has 0 aromatic carbocycles. The average Bonchev–Trinajstić information content (AvgIpc) is 2.77. The van der Waals surface area contributed by atoms with Gasteiger partial charge in [-0.05, 0) is 29.7 Å². The molecule has 0 atom stereocenters. The first kappa shape index (κ1) is 10.8. The molecule has 1 fully saturated rings. The van der Waals surface area contributed by atoms with Crippen LogP contribution in [0.1, 0.15) is 19.3 Å². The summed E-state index contributed by atoms with van der Waals surface area (Å²) in [5.74, 6) is -0.573. The predicted octanol–water partition coefficient (Wildman–Crippen LogP) is 0.0939. The molecule has 18 heavy (non-hydrogen) atoms. The number of tetrazole rings is 1. The first-order valence-corrected chi connectivity index (χ1v) is 5.53. The van der Waals surface area contributed by atoms with Crippen LogP contribution >= 0.6 is 0 Å². The van der Waals surface area contributed by atoms with Crippen LogP contribution in [0.4, 0.5) is 0 Å². The second-order valence-electron chi connectivity index (χ2n) is 4.20. The maximum atomic E-state index is 11.4. The van der Waals surface area contributed by atoms with Gasteiger partial charge in [0.05, 0.1) is 6.20 Å². The largest absolute Gasteiger partial charge is 0.479 e. The average molecular weight is 246 g/mol. The summed E-state index contributed by atoms with van der Waals surface area (Å²) in [5.41, 5.74) is -0.564. The highest BCUT2D eigenvalue weighted by Gasteiger charge is 2.49. The predicted molar refractivity (Wildman–Crippen MR) is 58.3 cm³/mol. The van der Waals surface area contributed by atoms with Crippen molar-refractivity contribution >= 4 is 5.97 Å². The number of carboxylic acid groups (broad SMARTS) is 1. The summed E-state index contributed by atoms with van der Waals surface area (Å²) in [6.07, 6.45) is 6.47. The van der Waals surface area contributed by atoms with E-state index < -0.39 is 11.5 Å². The Labute approximate surface area is 102 Å². The molecule has 0 radical (unpaired) electrons.